The van der Waals surface area contributed by atoms with Gasteiger partial charge in [-0.1, -0.05) is 36.4 Å². The van der Waals surface area contributed by atoms with Crippen LogP contribution in [0.1, 0.15) is 18.1 Å². The summed E-state index contributed by atoms with van der Waals surface area (Å²) in [6.07, 6.45) is -0.935. The largest absolute Gasteiger partial charge is 0.496 e. The van der Waals surface area contributed by atoms with E-state index in [9.17, 15) is 19.5 Å². The Morgan fingerprint density at radius 3 is 2.55 bits per heavy atom. The fourth-order valence-corrected chi connectivity index (χ4v) is 5.32. The van der Waals surface area contributed by atoms with Crippen LogP contribution in [-0.4, -0.2) is 47.0 Å². The van der Waals surface area contributed by atoms with Crippen molar-refractivity contribution in [2.45, 2.75) is 31.2 Å². The van der Waals surface area contributed by atoms with Crippen molar-refractivity contribution >= 4 is 23.4 Å². The van der Waals surface area contributed by atoms with Crippen molar-refractivity contribution in [3.8, 4) is 5.75 Å². The van der Waals surface area contributed by atoms with Crippen LogP contribution in [0.4, 0.5) is 5.69 Å². The number of hydrogen-bond donors (Lipinski definition) is 3. The first kappa shape index (κ1) is 19.7. The van der Waals surface area contributed by atoms with Gasteiger partial charge in [0.2, 0.25) is 17.7 Å². The van der Waals surface area contributed by atoms with Crippen LogP contribution in [0.5, 0.6) is 5.75 Å². The zero-order chi connectivity index (χ0) is 21.9. The molecule has 2 aromatic rings. The number of carbonyl (C=O) groups excluding carboxylic acids is 3. The zero-order valence-corrected chi connectivity index (χ0v) is 17.2. The van der Waals surface area contributed by atoms with Crippen LogP contribution in [-0.2, 0) is 26.5 Å². The molecule has 0 radical (unpaired) electrons. The topological polar surface area (TPSA) is 108 Å². The summed E-state index contributed by atoms with van der Waals surface area (Å²) in [5.41, 5.74) is 0.524. The van der Waals surface area contributed by atoms with Crippen LogP contribution >= 0.6 is 0 Å². The minimum atomic E-state index is -1.40. The molecule has 3 aliphatic rings. The summed E-state index contributed by atoms with van der Waals surface area (Å²) in [5, 5.41) is 16.5. The maximum atomic E-state index is 13.6. The molecule has 1 spiro atoms. The number of benzene rings is 2. The van der Waals surface area contributed by atoms with E-state index >= 15 is 0 Å². The summed E-state index contributed by atoms with van der Waals surface area (Å²) >= 11 is 0. The molecule has 3 aliphatic heterocycles. The maximum absolute atomic E-state index is 13.6. The highest BCUT2D eigenvalue weighted by Gasteiger charge is 2.71. The molecule has 0 unspecified atom stereocenters. The maximum Gasteiger partial charge on any atom is 0.250 e. The van der Waals surface area contributed by atoms with Gasteiger partial charge in [-0.2, -0.15) is 0 Å². The number of likely N-dealkylation sites (tertiary alicyclic amines) is 1. The lowest BCUT2D eigenvalue weighted by atomic mass is 9.76. The lowest BCUT2D eigenvalue weighted by molar-refractivity contribution is -0.143. The number of carbonyl (C=O) groups is 3. The van der Waals surface area contributed by atoms with E-state index in [1.807, 2.05) is 12.1 Å². The molecule has 3 heterocycles. The number of methoxy groups -OCH3 is 1. The summed E-state index contributed by atoms with van der Waals surface area (Å²) in [5.74, 6) is -2.43. The number of anilines is 1. The normalized spacial score (nSPS) is 29.8. The smallest absolute Gasteiger partial charge is 0.250 e. The number of fused-ring (bicyclic) bond motifs is 4. The molecule has 5 atom stereocenters. The van der Waals surface area contributed by atoms with Crippen LogP contribution in [0.15, 0.2) is 48.5 Å². The molecule has 0 saturated carbocycles. The predicted molar refractivity (Wildman–Crippen MR) is 111 cm³/mol. The van der Waals surface area contributed by atoms with Gasteiger partial charge in [0.05, 0.1) is 31.6 Å². The van der Waals surface area contributed by atoms with Crippen molar-refractivity contribution in [3.05, 3.63) is 59.7 Å². The average molecular weight is 421 g/mol. The van der Waals surface area contributed by atoms with Crippen molar-refractivity contribution in [2.75, 3.05) is 12.4 Å². The minimum absolute atomic E-state index is 0.0422. The number of para-hydroxylation sites is 2. The Balaban J connectivity index is 1.60. The number of aliphatic hydroxyl groups excluding tert-OH is 1. The molecular formula is C23H23N3O5. The van der Waals surface area contributed by atoms with E-state index in [1.165, 1.54) is 12.0 Å². The van der Waals surface area contributed by atoms with Gasteiger partial charge in [-0.05, 0) is 19.1 Å². The van der Waals surface area contributed by atoms with Gasteiger partial charge in [0.25, 0.3) is 0 Å². The molecule has 8 heteroatoms. The molecular weight excluding hydrogens is 398 g/mol. The van der Waals surface area contributed by atoms with Crippen molar-refractivity contribution in [2.24, 2.45) is 11.8 Å². The van der Waals surface area contributed by atoms with Crippen LogP contribution in [0.2, 0.25) is 0 Å². The van der Waals surface area contributed by atoms with Gasteiger partial charge in [-0.25, -0.2) is 0 Å². The molecule has 3 amide bonds. The standard InChI is InChI=1S/C23H23N3O5/c1-12(27)19-17-18(23(25-19)14-8-4-5-9-15(14)24-22(23)30)21(29)26(20(17)28)11-13-7-3-6-10-16(13)31-2/h3-10,12,17-19,25,27H,11H2,1-2H3,(H,24,30)/t12-,17+,18+,19-,23+/m1/s1. The van der Waals surface area contributed by atoms with Crippen LogP contribution in [0.25, 0.3) is 0 Å². The van der Waals surface area contributed by atoms with Crippen molar-refractivity contribution in [1.82, 2.24) is 10.2 Å². The van der Waals surface area contributed by atoms with Gasteiger partial charge < -0.3 is 15.2 Å². The number of nitrogens with one attached hydrogen (secondary N) is 2. The highest BCUT2D eigenvalue weighted by Crippen LogP contribution is 2.53. The van der Waals surface area contributed by atoms with Gasteiger partial charge >= 0.3 is 0 Å². The monoisotopic (exact) mass is 421 g/mol. The number of nitrogens with zero attached hydrogens (tertiary/aromatic N) is 1. The fourth-order valence-electron chi connectivity index (χ4n) is 5.32. The molecule has 8 nitrogen and oxygen atoms in total. The van der Waals surface area contributed by atoms with E-state index in [0.717, 1.165) is 0 Å². The molecule has 0 bridgehead atoms. The quantitative estimate of drug-likeness (QED) is 0.636. The highest BCUT2D eigenvalue weighted by atomic mass is 16.5. The number of imide groups is 1. The van der Waals surface area contributed by atoms with E-state index < -0.39 is 41.3 Å². The van der Waals surface area contributed by atoms with E-state index in [0.29, 0.717) is 22.6 Å². The third-order valence-corrected chi connectivity index (χ3v) is 6.69. The Kier molecular flexibility index (Phi) is 4.39. The number of ether oxygens (including phenoxy) is 1. The Hall–Kier alpha value is -3.23. The van der Waals surface area contributed by atoms with Crippen LogP contribution < -0.4 is 15.4 Å². The predicted octanol–water partition coefficient (Wildman–Crippen LogP) is 0.997. The lowest BCUT2D eigenvalue weighted by Crippen LogP contribution is -2.54. The zero-order valence-electron chi connectivity index (χ0n) is 17.2. The second-order valence-electron chi connectivity index (χ2n) is 8.30. The molecule has 2 aromatic carbocycles. The number of rotatable bonds is 4. The van der Waals surface area contributed by atoms with Gasteiger partial charge in [-0.3, -0.25) is 24.6 Å². The summed E-state index contributed by atoms with van der Waals surface area (Å²) in [7, 11) is 1.53. The van der Waals surface area contributed by atoms with E-state index in [1.54, 1.807) is 43.3 Å². The third kappa shape index (κ3) is 2.58. The molecule has 3 N–H and O–H groups in total. The Bertz CT molecular complexity index is 1100. The Labute approximate surface area is 179 Å². The Morgan fingerprint density at radius 1 is 1.10 bits per heavy atom. The summed E-state index contributed by atoms with van der Waals surface area (Å²) in [6, 6.07) is 13.6. The summed E-state index contributed by atoms with van der Waals surface area (Å²) in [4.78, 5) is 41.5. The second kappa shape index (κ2) is 6.90. The first-order valence-corrected chi connectivity index (χ1v) is 10.2. The minimum Gasteiger partial charge on any atom is -0.496 e. The van der Waals surface area contributed by atoms with Crippen molar-refractivity contribution in [3.63, 3.8) is 0 Å². The molecule has 0 aromatic heterocycles. The van der Waals surface area contributed by atoms with Crippen molar-refractivity contribution < 1.29 is 24.2 Å². The molecule has 31 heavy (non-hydrogen) atoms. The van der Waals surface area contributed by atoms with E-state index in [2.05, 4.69) is 10.6 Å². The molecule has 0 aliphatic carbocycles. The third-order valence-electron chi connectivity index (χ3n) is 6.69. The van der Waals surface area contributed by atoms with Crippen molar-refractivity contribution in [1.29, 1.82) is 0 Å². The molecule has 160 valence electrons. The van der Waals surface area contributed by atoms with Crippen LogP contribution in [0.3, 0.4) is 0 Å². The fraction of sp³-hybridized carbons (Fsp3) is 0.348. The lowest BCUT2D eigenvalue weighted by Gasteiger charge is -2.30. The summed E-state index contributed by atoms with van der Waals surface area (Å²) in [6.45, 7) is 1.60. The molecule has 2 fully saturated rings. The second-order valence-corrected chi connectivity index (χ2v) is 8.30. The van der Waals surface area contributed by atoms with Crippen LogP contribution in [0, 0.1) is 11.8 Å². The Morgan fingerprint density at radius 2 is 1.81 bits per heavy atom. The van der Waals surface area contributed by atoms with Gasteiger partial charge in [0, 0.05) is 22.9 Å². The number of hydrogen-bond acceptors (Lipinski definition) is 6. The van der Waals surface area contributed by atoms with Gasteiger partial charge in [-0.15, -0.1) is 0 Å². The SMILES string of the molecule is COc1ccccc1CN1C(=O)[C@@H]2[C@@H]([C@@H](C)O)N[C@]3(C(=O)Nc4ccccc43)[C@@H]2C1=O. The molecule has 2 saturated heterocycles. The first-order valence-electron chi connectivity index (χ1n) is 10.2. The van der Waals surface area contributed by atoms with Gasteiger partial charge in [0.15, 0.2) is 0 Å². The average Bonchev–Trinajstić information content (AvgIpc) is 3.35. The first-order chi connectivity index (χ1) is 14.9. The highest BCUT2D eigenvalue weighted by molar-refractivity contribution is 6.15. The van der Waals surface area contributed by atoms with E-state index in [4.69, 9.17) is 4.74 Å². The number of amides is 3. The molecule has 5 rings (SSSR count). The van der Waals surface area contributed by atoms with Gasteiger partial charge in [0.1, 0.15) is 11.3 Å². The summed E-state index contributed by atoms with van der Waals surface area (Å²) < 4.78 is 5.37. The van der Waals surface area contributed by atoms with E-state index in [-0.39, 0.29) is 12.5 Å². The number of aliphatic hydroxyl groups is 1.